The van der Waals surface area contributed by atoms with Crippen molar-refractivity contribution in [2.45, 2.75) is 0 Å². The Hall–Kier alpha value is -4.06. The topological polar surface area (TPSA) is 110 Å². The summed E-state index contributed by atoms with van der Waals surface area (Å²) < 4.78 is 28.1. The van der Waals surface area contributed by atoms with Crippen LogP contribution in [0.2, 0.25) is 0 Å². The molecule has 0 radical (unpaired) electrons. The standard InChI is InChI=1S/C20H18FN3O5/c1-27-17-8-15(20(26)29-3)16(9-18(17)28-2)23-11-12(10-22)19(25)24-14-6-4-13(21)5-7-14/h4-9,11,23H,1-3H3,(H,24,25)/b12-11+. The van der Waals surface area contributed by atoms with Gasteiger partial charge in [0.15, 0.2) is 11.5 Å². The first-order chi connectivity index (χ1) is 13.9. The predicted octanol–water partition coefficient (Wildman–Crippen LogP) is 3.09. The summed E-state index contributed by atoms with van der Waals surface area (Å²) >= 11 is 0. The van der Waals surface area contributed by atoms with Crippen LogP contribution in [-0.2, 0) is 9.53 Å². The van der Waals surface area contributed by atoms with Gasteiger partial charge < -0.3 is 24.8 Å². The Balaban J connectivity index is 2.31. The molecule has 0 aliphatic carbocycles. The molecule has 2 N–H and O–H groups in total. The Bertz CT molecular complexity index is 981. The summed E-state index contributed by atoms with van der Waals surface area (Å²) in [5.41, 5.74) is 0.383. The molecule has 0 aliphatic rings. The largest absolute Gasteiger partial charge is 0.493 e. The number of carbonyl (C=O) groups excluding carboxylic acids is 2. The van der Waals surface area contributed by atoms with Crippen LogP contribution in [0.1, 0.15) is 10.4 Å². The van der Waals surface area contributed by atoms with Crippen molar-refractivity contribution in [1.82, 2.24) is 0 Å². The Morgan fingerprint density at radius 3 is 2.24 bits per heavy atom. The van der Waals surface area contributed by atoms with E-state index in [1.807, 2.05) is 0 Å². The van der Waals surface area contributed by atoms with Gasteiger partial charge in [-0.25, -0.2) is 9.18 Å². The summed E-state index contributed by atoms with van der Waals surface area (Å²) in [4.78, 5) is 24.3. The molecule has 0 bridgehead atoms. The molecule has 29 heavy (non-hydrogen) atoms. The number of nitrogens with one attached hydrogen (secondary N) is 2. The van der Waals surface area contributed by atoms with E-state index in [1.165, 1.54) is 57.7 Å². The van der Waals surface area contributed by atoms with E-state index in [0.29, 0.717) is 17.2 Å². The Morgan fingerprint density at radius 2 is 1.69 bits per heavy atom. The number of halogens is 1. The van der Waals surface area contributed by atoms with Gasteiger partial charge in [-0.1, -0.05) is 0 Å². The number of carbonyl (C=O) groups is 2. The van der Waals surface area contributed by atoms with Crippen molar-refractivity contribution in [2.24, 2.45) is 0 Å². The first-order valence-electron chi connectivity index (χ1n) is 8.21. The molecule has 8 nitrogen and oxygen atoms in total. The van der Waals surface area contributed by atoms with Crippen molar-refractivity contribution in [3.63, 3.8) is 0 Å². The van der Waals surface area contributed by atoms with Crippen molar-refractivity contribution in [1.29, 1.82) is 5.26 Å². The molecule has 2 rings (SSSR count). The first-order valence-corrected chi connectivity index (χ1v) is 8.21. The smallest absolute Gasteiger partial charge is 0.340 e. The van der Waals surface area contributed by atoms with Crippen molar-refractivity contribution in [2.75, 3.05) is 32.0 Å². The normalized spacial score (nSPS) is 10.5. The van der Waals surface area contributed by atoms with Crippen molar-refractivity contribution in [3.8, 4) is 17.6 Å². The van der Waals surface area contributed by atoms with Gasteiger partial charge in [-0.3, -0.25) is 4.79 Å². The number of nitriles is 1. The zero-order valence-corrected chi connectivity index (χ0v) is 15.9. The van der Waals surface area contributed by atoms with Crippen LogP contribution < -0.4 is 20.1 Å². The van der Waals surface area contributed by atoms with Crippen LogP contribution >= 0.6 is 0 Å². The van der Waals surface area contributed by atoms with Crippen molar-refractivity contribution >= 4 is 23.3 Å². The number of esters is 1. The number of ether oxygens (including phenoxy) is 3. The summed E-state index contributed by atoms with van der Waals surface area (Å²) in [5.74, 6) is -1.20. The summed E-state index contributed by atoms with van der Waals surface area (Å²) in [6.45, 7) is 0. The van der Waals surface area contributed by atoms with Gasteiger partial charge in [-0.2, -0.15) is 5.26 Å². The third-order valence-electron chi connectivity index (χ3n) is 3.77. The van der Waals surface area contributed by atoms with Crippen LogP contribution in [0, 0.1) is 17.1 Å². The molecule has 0 atom stereocenters. The van der Waals surface area contributed by atoms with Gasteiger partial charge in [0.1, 0.15) is 17.5 Å². The molecule has 0 saturated carbocycles. The lowest BCUT2D eigenvalue weighted by Gasteiger charge is -2.14. The second kappa shape index (κ2) is 9.75. The molecule has 1 amide bonds. The molecule has 2 aromatic carbocycles. The molecular formula is C20H18FN3O5. The van der Waals surface area contributed by atoms with E-state index in [0.717, 1.165) is 6.20 Å². The number of benzene rings is 2. The third-order valence-corrected chi connectivity index (χ3v) is 3.77. The fourth-order valence-electron chi connectivity index (χ4n) is 2.31. The zero-order valence-electron chi connectivity index (χ0n) is 15.9. The molecule has 0 heterocycles. The fraction of sp³-hybridized carbons (Fsp3) is 0.150. The average molecular weight is 399 g/mol. The Labute approximate surface area is 166 Å². The monoisotopic (exact) mass is 399 g/mol. The molecule has 0 fully saturated rings. The molecule has 150 valence electrons. The first kappa shape index (κ1) is 21.2. The van der Waals surface area contributed by atoms with E-state index in [1.54, 1.807) is 6.07 Å². The number of amides is 1. The summed E-state index contributed by atoms with van der Waals surface area (Å²) in [7, 11) is 4.06. The highest BCUT2D eigenvalue weighted by molar-refractivity contribution is 6.07. The lowest BCUT2D eigenvalue weighted by Crippen LogP contribution is -2.15. The molecule has 2 aromatic rings. The maximum atomic E-state index is 13.0. The highest BCUT2D eigenvalue weighted by Gasteiger charge is 2.18. The second-order valence-electron chi connectivity index (χ2n) is 5.52. The van der Waals surface area contributed by atoms with Gasteiger partial charge in [0.2, 0.25) is 0 Å². The SMILES string of the molecule is COC(=O)c1cc(OC)c(OC)cc1N/C=C(\C#N)C(=O)Nc1ccc(F)cc1. The van der Waals surface area contributed by atoms with Crippen molar-refractivity contribution in [3.05, 3.63) is 59.6 Å². The third kappa shape index (κ3) is 5.23. The van der Waals surface area contributed by atoms with Gasteiger partial charge in [-0.05, 0) is 24.3 Å². The molecule has 0 unspecified atom stereocenters. The van der Waals surface area contributed by atoms with Crippen LogP contribution in [0.3, 0.4) is 0 Å². The number of nitrogens with zero attached hydrogens (tertiary/aromatic N) is 1. The minimum Gasteiger partial charge on any atom is -0.493 e. The quantitative estimate of drug-likeness (QED) is 0.418. The van der Waals surface area contributed by atoms with E-state index < -0.39 is 17.7 Å². The minimum atomic E-state index is -0.716. The number of rotatable bonds is 7. The van der Waals surface area contributed by atoms with Crippen LogP contribution in [0.15, 0.2) is 48.2 Å². The van der Waals surface area contributed by atoms with E-state index in [2.05, 4.69) is 10.6 Å². The minimum absolute atomic E-state index is 0.109. The number of anilines is 2. The predicted molar refractivity (Wildman–Crippen MR) is 103 cm³/mol. The van der Waals surface area contributed by atoms with E-state index >= 15 is 0 Å². The Morgan fingerprint density at radius 1 is 1.07 bits per heavy atom. The summed E-state index contributed by atoms with van der Waals surface area (Å²) in [6, 6.07) is 9.71. The molecule has 0 aromatic heterocycles. The van der Waals surface area contributed by atoms with E-state index in [-0.39, 0.29) is 16.8 Å². The van der Waals surface area contributed by atoms with Crippen LogP contribution in [0.5, 0.6) is 11.5 Å². The molecule has 0 aliphatic heterocycles. The van der Waals surface area contributed by atoms with E-state index in [9.17, 15) is 19.2 Å². The van der Waals surface area contributed by atoms with Gasteiger partial charge in [0.25, 0.3) is 5.91 Å². The van der Waals surface area contributed by atoms with Gasteiger partial charge in [0, 0.05) is 24.0 Å². The zero-order chi connectivity index (χ0) is 21.4. The fourth-order valence-corrected chi connectivity index (χ4v) is 2.31. The lowest BCUT2D eigenvalue weighted by atomic mass is 10.1. The molecular weight excluding hydrogens is 381 g/mol. The average Bonchev–Trinajstić information content (AvgIpc) is 2.74. The lowest BCUT2D eigenvalue weighted by molar-refractivity contribution is -0.112. The van der Waals surface area contributed by atoms with Crippen LogP contribution in [0.4, 0.5) is 15.8 Å². The maximum absolute atomic E-state index is 13.0. The van der Waals surface area contributed by atoms with E-state index in [4.69, 9.17) is 14.2 Å². The van der Waals surface area contributed by atoms with Crippen molar-refractivity contribution < 1.29 is 28.2 Å². The number of hydrogen-bond donors (Lipinski definition) is 2. The molecule has 9 heteroatoms. The van der Waals surface area contributed by atoms with Crippen LogP contribution in [-0.4, -0.2) is 33.2 Å². The second-order valence-corrected chi connectivity index (χ2v) is 5.52. The summed E-state index contributed by atoms with van der Waals surface area (Å²) in [6.07, 6.45) is 1.13. The maximum Gasteiger partial charge on any atom is 0.340 e. The molecule has 0 spiro atoms. The van der Waals surface area contributed by atoms with Crippen LogP contribution in [0.25, 0.3) is 0 Å². The highest BCUT2D eigenvalue weighted by Crippen LogP contribution is 2.33. The summed E-state index contributed by atoms with van der Waals surface area (Å²) in [5, 5.41) is 14.5. The van der Waals surface area contributed by atoms with Gasteiger partial charge in [-0.15, -0.1) is 0 Å². The van der Waals surface area contributed by atoms with Gasteiger partial charge >= 0.3 is 5.97 Å². The number of methoxy groups -OCH3 is 3. The van der Waals surface area contributed by atoms with Gasteiger partial charge in [0.05, 0.1) is 32.6 Å². The number of hydrogen-bond acceptors (Lipinski definition) is 7. The highest BCUT2D eigenvalue weighted by atomic mass is 19.1. The Kier molecular flexibility index (Phi) is 7.14. The molecule has 0 saturated heterocycles.